The van der Waals surface area contributed by atoms with Crippen molar-refractivity contribution in [1.82, 2.24) is 4.90 Å². The van der Waals surface area contributed by atoms with Crippen molar-refractivity contribution in [3.8, 4) is 0 Å². The van der Waals surface area contributed by atoms with Crippen LogP contribution in [0.4, 0.5) is 0 Å². The molecule has 2 atom stereocenters. The Kier molecular flexibility index (Phi) is 9.22. The number of rotatable bonds is 11. The van der Waals surface area contributed by atoms with E-state index >= 15 is 0 Å². The lowest BCUT2D eigenvalue weighted by Crippen LogP contribution is -2.43. The minimum atomic E-state index is -0.769. The van der Waals surface area contributed by atoms with Gasteiger partial charge in [0.2, 0.25) is 5.91 Å². The lowest BCUT2D eigenvalue weighted by molar-refractivity contribution is -0.136. The Morgan fingerprint density at radius 1 is 1.46 bits per heavy atom. The number of hydrogen-bond donors (Lipinski definition) is 2. The van der Waals surface area contributed by atoms with Gasteiger partial charge in [-0.15, -0.1) is 11.3 Å². The van der Waals surface area contributed by atoms with E-state index in [-0.39, 0.29) is 18.4 Å². The van der Waals surface area contributed by atoms with Gasteiger partial charge in [-0.1, -0.05) is 18.2 Å². The number of amides is 1. The fourth-order valence-corrected chi connectivity index (χ4v) is 4.61. The van der Waals surface area contributed by atoms with Crippen molar-refractivity contribution in [3.05, 3.63) is 34.5 Å². The molecular weight excluding hydrogens is 370 g/mol. The van der Waals surface area contributed by atoms with E-state index < -0.39 is 12.1 Å². The second kappa shape index (κ2) is 11.4. The number of aliphatic hydroxyl groups is 1. The molecule has 1 aromatic rings. The van der Waals surface area contributed by atoms with Crippen molar-refractivity contribution in [2.75, 3.05) is 18.1 Å². The highest BCUT2D eigenvalue weighted by atomic mass is 32.2. The zero-order chi connectivity index (χ0) is 18.8. The number of thiophene rings is 1. The molecule has 1 aliphatic heterocycles. The summed E-state index contributed by atoms with van der Waals surface area (Å²) in [5.41, 5.74) is 0. The molecule has 7 heteroatoms. The summed E-state index contributed by atoms with van der Waals surface area (Å²) in [7, 11) is 0. The van der Waals surface area contributed by atoms with Gasteiger partial charge in [-0.25, -0.2) is 0 Å². The van der Waals surface area contributed by atoms with Crippen molar-refractivity contribution >= 4 is 35.0 Å². The Labute approximate surface area is 163 Å². The fourth-order valence-electron chi connectivity index (χ4n) is 3.00. The first kappa shape index (κ1) is 21.0. The number of carboxylic acid groups (broad SMARTS) is 1. The fraction of sp³-hybridized carbons (Fsp3) is 0.579. The number of piperidine rings is 1. The summed E-state index contributed by atoms with van der Waals surface area (Å²) in [6.07, 6.45) is 7.32. The molecule has 1 aliphatic rings. The molecule has 1 saturated heterocycles. The molecule has 144 valence electrons. The molecule has 0 aromatic carbocycles. The van der Waals surface area contributed by atoms with Crippen LogP contribution >= 0.6 is 23.1 Å². The zero-order valence-electron chi connectivity index (χ0n) is 14.9. The van der Waals surface area contributed by atoms with E-state index in [2.05, 4.69) is 0 Å². The van der Waals surface area contributed by atoms with Gasteiger partial charge in [0.15, 0.2) is 0 Å². The summed E-state index contributed by atoms with van der Waals surface area (Å²) in [5, 5.41) is 20.8. The quantitative estimate of drug-likeness (QED) is 0.443. The van der Waals surface area contributed by atoms with Crippen LogP contribution in [0.25, 0.3) is 0 Å². The third-order valence-electron chi connectivity index (χ3n) is 4.30. The molecule has 0 spiro atoms. The SMILES string of the molecule is O=C(O)CCSCCCN1C(=O)CCC[C@@H]1C=CC(O)Cc1cccs1. The van der Waals surface area contributed by atoms with E-state index in [1.165, 1.54) is 0 Å². The normalized spacial score (nSPS) is 19.2. The average Bonchev–Trinajstić information content (AvgIpc) is 3.10. The minimum absolute atomic E-state index is 0.0539. The van der Waals surface area contributed by atoms with E-state index in [9.17, 15) is 14.7 Å². The van der Waals surface area contributed by atoms with Gasteiger partial charge in [0.05, 0.1) is 18.6 Å². The van der Waals surface area contributed by atoms with E-state index in [1.54, 1.807) is 23.1 Å². The van der Waals surface area contributed by atoms with E-state index in [0.29, 0.717) is 25.1 Å². The number of aliphatic hydroxyl groups excluding tert-OH is 1. The predicted octanol–water partition coefficient (Wildman–Crippen LogP) is 3.19. The molecule has 1 fully saturated rings. The number of carboxylic acids is 1. The summed E-state index contributed by atoms with van der Waals surface area (Å²) in [5.74, 6) is 0.875. The van der Waals surface area contributed by atoms with Gasteiger partial charge >= 0.3 is 5.97 Å². The van der Waals surface area contributed by atoms with Gasteiger partial charge in [0, 0.05) is 30.0 Å². The molecule has 0 bridgehead atoms. The molecule has 1 aromatic heterocycles. The highest BCUT2D eigenvalue weighted by Gasteiger charge is 2.25. The van der Waals surface area contributed by atoms with Crippen LogP contribution in [0.2, 0.25) is 0 Å². The van der Waals surface area contributed by atoms with Crippen LogP contribution in [0, 0.1) is 0 Å². The smallest absolute Gasteiger partial charge is 0.304 e. The largest absolute Gasteiger partial charge is 0.481 e. The number of likely N-dealkylation sites (tertiary alicyclic amines) is 1. The average molecular weight is 398 g/mol. The van der Waals surface area contributed by atoms with Crippen molar-refractivity contribution in [1.29, 1.82) is 0 Å². The zero-order valence-corrected chi connectivity index (χ0v) is 16.5. The molecule has 1 amide bonds. The summed E-state index contributed by atoms with van der Waals surface area (Å²) in [4.78, 5) is 25.8. The minimum Gasteiger partial charge on any atom is -0.481 e. The second-order valence-electron chi connectivity index (χ2n) is 6.39. The first-order valence-corrected chi connectivity index (χ1v) is 11.1. The van der Waals surface area contributed by atoms with E-state index in [1.807, 2.05) is 34.6 Å². The number of hydrogen-bond acceptors (Lipinski definition) is 5. The number of nitrogens with zero attached hydrogens (tertiary/aromatic N) is 1. The maximum atomic E-state index is 12.3. The Hall–Kier alpha value is -1.31. The molecule has 2 N–H and O–H groups in total. The number of carbonyl (C=O) groups excluding carboxylic acids is 1. The van der Waals surface area contributed by atoms with Gasteiger partial charge in [0.25, 0.3) is 0 Å². The standard InChI is InChI=1S/C19H27NO4S2/c21-16(14-17-5-2-12-26-17)8-7-15-4-1-6-18(22)20(15)10-3-11-25-13-9-19(23)24/h2,5,7-8,12,15-16,21H,1,3-4,6,9-11,13-14H2,(H,23,24)/t15-,16?/m1/s1. The van der Waals surface area contributed by atoms with Crippen LogP contribution in [-0.4, -0.2) is 57.2 Å². The van der Waals surface area contributed by atoms with Gasteiger partial charge in [-0.05, 0) is 36.5 Å². The molecule has 5 nitrogen and oxygen atoms in total. The highest BCUT2D eigenvalue weighted by Crippen LogP contribution is 2.21. The van der Waals surface area contributed by atoms with E-state index in [4.69, 9.17) is 5.11 Å². The van der Waals surface area contributed by atoms with Crippen molar-refractivity contribution < 1.29 is 19.8 Å². The predicted molar refractivity (Wildman–Crippen MR) is 107 cm³/mol. The lowest BCUT2D eigenvalue weighted by Gasteiger charge is -2.34. The van der Waals surface area contributed by atoms with Crippen LogP contribution in [0.3, 0.4) is 0 Å². The number of carbonyl (C=O) groups is 2. The first-order chi connectivity index (χ1) is 12.6. The van der Waals surface area contributed by atoms with Crippen LogP contribution < -0.4 is 0 Å². The van der Waals surface area contributed by atoms with Gasteiger partial charge in [-0.3, -0.25) is 9.59 Å². The van der Waals surface area contributed by atoms with Crippen molar-refractivity contribution in [2.24, 2.45) is 0 Å². The molecule has 0 saturated carbocycles. The lowest BCUT2D eigenvalue weighted by atomic mass is 10.00. The second-order valence-corrected chi connectivity index (χ2v) is 8.65. The Morgan fingerprint density at radius 3 is 3.04 bits per heavy atom. The Balaban J connectivity index is 1.77. The monoisotopic (exact) mass is 397 g/mol. The third-order valence-corrected chi connectivity index (χ3v) is 6.27. The topological polar surface area (TPSA) is 77.8 Å². The van der Waals surface area contributed by atoms with Crippen molar-refractivity contribution in [3.63, 3.8) is 0 Å². The van der Waals surface area contributed by atoms with Crippen LogP contribution in [0.5, 0.6) is 0 Å². The summed E-state index contributed by atoms with van der Waals surface area (Å²) >= 11 is 3.25. The molecule has 1 unspecified atom stereocenters. The van der Waals surface area contributed by atoms with E-state index in [0.717, 1.165) is 29.9 Å². The van der Waals surface area contributed by atoms with Crippen LogP contribution in [0.15, 0.2) is 29.7 Å². The molecule has 0 radical (unpaired) electrons. The highest BCUT2D eigenvalue weighted by molar-refractivity contribution is 7.99. The van der Waals surface area contributed by atoms with Crippen LogP contribution in [-0.2, 0) is 16.0 Å². The maximum Gasteiger partial charge on any atom is 0.304 e. The molecule has 2 heterocycles. The first-order valence-electron chi connectivity index (χ1n) is 9.04. The molecule has 26 heavy (non-hydrogen) atoms. The molecular formula is C19H27NO4S2. The van der Waals surface area contributed by atoms with Gasteiger partial charge in [0.1, 0.15) is 0 Å². The summed E-state index contributed by atoms with van der Waals surface area (Å²) in [6.45, 7) is 0.689. The van der Waals surface area contributed by atoms with Crippen molar-refractivity contribution in [2.45, 2.75) is 50.7 Å². The molecule has 2 rings (SSSR count). The number of aliphatic carboxylic acids is 1. The number of thioether (sulfide) groups is 1. The van der Waals surface area contributed by atoms with Crippen LogP contribution in [0.1, 0.15) is 37.0 Å². The Morgan fingerprint density at radius 2 is 2.31 bits per heavy atom. The third kappa shape index (κ3) is 7.51. The van der Waals surface area contributed by atoms with Gasteiger partial charge in [-0.2, -0.15) is 11.8 Å². The maximum absolute atomic E-state index is 12.3. The Bertz CT molecular complexity index is 588. The summed E-state index contributed by atoms with van der Waals surface area (Å²) in [6, 6.07) is 4.05. The van der Waals surface area contributed by atoms with Gasteiger partial charge < -0.3 is 15.1 Å². The molecule has 0 aliphatic carbocycles. The summed E-state index contributed by atoms with van der Waals surface area (Å²) < 4.78 is 0.